The van der Waals surface area contributed by atoms with Crippen LogP contribution < -0.4 is 11.1 Å². The van der Waals surface area contributed by atoms with Crippen LogP contribution >= 0.6 is 0 Å². The molecule has 23 heavy (non-hydrogen) atoms. The number of aromatic nitrogens is 1. The first-order valence-corrected chi connectivity index (χ1v) is 7.67. The van der Waals surface area contributed by atoms with Crippen LogP contribution in [0.5, 0.6) is 0 Å². The number of carbonyl (C=O) groups is 1. The number of nitrogens with two attached hydrogens (primary N) is 1. The van der Waals surface area contributed by atoms with Crippen LogP contribution in [0.25, 0.3) is 10.9 Å². The molecule has 1 radical (unpaired) electrons. The smallest absolute Gasteiger partial charge is 0.252 e. The summed E-state index contributed by atoms with van der Waals surface area (Å²) in [5.74, 6) is 0.0786. The number of fused-ring (bicyclic) bond motifs is 2. The molecule has 0 aliphatic heterocycles. The number of carbonyl (C=O) groups excluding carboxylic acids is 1. The zero-order chi connectivity index (χ0) is 15.8. The Morgan fingerprint density at radius 1 is 1.30 bits per heavy atom. The first kappa shape index (κ1) is 13.8. The zero-order valence-corrected chi connectivity index (χ0v) is 12.5. The van der Waals surface area contributed by atoms with E-state index in [1.165, 1.54) is 11.1 Å². The fourth-order valence-corrected chi connectivity index (χ4v) is 3.23. The van der Waals surface area contributed by atoms with Crippen molar-refractivity contribution in [2.45, 2.75) is 18.9 Å². The second-order valence-corrected chi connectivity index (χ2v) is 5.80. The van der Waals surface area contributed by atoms with E-state index in [1.54, 1.807) is 6.07 Å². The van der Waals surface area contributed by atoms with E-state index in [9.17, 15) is 4.79 Å². The van der Waals surface area contributed by atoms with Gasteiger partial charge in [-0.05, 0) is 48.2 Å². The van der Waals surface area contributed by atoms with Gasteiger partial charge in [-0.15, -0.1) is 0 Å². The number of benzene rings is 2. The Morgan fingerprint density at radius 2 is 2.17 bits per heavy atom. The van der Waals surface area contributed by atoms with E-state index in [-0.39, 0.29) is 6.04 Å². The van der Waals surface area contributed by atoms with Gasteiger partial charge in [-0.2, -0.15) is 0 Å². The van der Waals surface area contributed by atoms with Crippen molar-refractivity contribution in [3.05, 3.63) is 71.3 Å². The lowest BCUT2D eigenvalue weighted by molar-refractivity contribution is 0.100. The molecule has 0 bridgehead atoms. The fraction of sp³-hybridized carbons (Fsp3) is 0.158. The lowest BCUT2D eigenvalue weighted by Gasteiger charge is -2.17. The summed E-state index contributed by atoms with van der Waals surface area (Å²) < 4.78 is 0. The van der Waals surface area contributed by atoms with Crippen molar-refractivity contribution in [3.63, 3.8) is 0 Å². The van der Waals surface area contributed by atoms with E-state index in [2.05, 4.69) is 34.6 Å². The van der Waals surface area contributed by atoms with Gasteiger partial charge < -0.3 is 11.1 Å². The van der Waals surface area contributed by atoms with Gasteiger partial charge in [0, 0.05) is 5.39 Å². The molecule has 0 saturated carbocycles. The molecular formula is C19H16N3O. The maximum atomic E-state index is 11.8. The highest BCUT2D eigenvalue weighted by Crippen LogP contribution is 2.34. The van der Waals surface area contributed by atoms with E-state index in [0.29, 0.717) is 11.4 Å². The van der Waals surface area contributed by atoms with Crippen molar-refractivity contribution in [1.29, 1.82) is 0 Å². The molecule has 0 fully saturated rings. The minimum atomic E-state index is -0.475. The molecule has 3 aromatic rings. The Kier molecular flexibility index (Phi) is 3.23. The van der Waals surface area contributed by atoms with E-state index < -0.39 is 5.91 Å². The largest absolute Gasteiger partial charge is 0.365 e. The van der Waals surface area contributed by atoms with Gasteiger partial charge in [-0.25, -0.2) is 4.98 Å². The molecule has 4 nitrogen and oxygen atoms in total. The molecule has 2 aromatic carbocycles. The summed E-state index contributed by atoms with van der Waals surface area (Å²) in [5.41, 5.74) is 9.40. The number of rotatable bonds is 3. The normalized spacial score (nSPS) is 16.3. The fourth-order valence-electron chi connectivity index (χ4n) is 3.23. The molecule has 1 amide bonds. The standard InChI is InChI=1S/C19H16N3O/c20-18(23)15-11-13-6-2-4-8-16(13)21-19(15)22-17-10-9-12-5-1-3-7-14(12)17/h1,3-8,11,17H,9-10H2,(H2,20,23)(H,21,22)/t17-/m1/s1. The van der Waals surface area contributed by atoms with Crippen molar-refractivity contribution in [2.75, 3.05) is 5.32 Å². The first-order chi connectivity index (χ1) is 11.2. The summed E-state index contributed by atoms with van der Waals surface area (Å²) in [4.78, 5) is 16.4. The second-order valence-electron chi connectivity index (χ2n) is 5.80. The van der Waals surface area contributed by atoms with Gasteiger partial charge in [0.05, 0.1) is 17.1 Å². The Hall–Kier alpha value is -2.88. The van der Waals surface area contributed by atoms with Gasteiger partial charge in [-0.3, -0.25) is 4.79 Å². The summed E-state index contributed by atoms with van der Waals surface area (Å²) in [5, 5.41) is 4.28. The van der Waals surface area contributed by atoms with Crippen molar-refractivity contribution >= 4 is 22.6 Å². The predicted molar refractivity (Wildman–Crippen MR) is 90.2 cm³/mol. The van der Waals surface area contributed by atoms with Gasteiger partial charge in [0.25, 0.3) is 5.91 Å². The molecule has 1 aliphatic rings. The third kappa shape index (κ3) is 2.42. The van der Waals surface area contributed by atoms with Crippen molar-refractivity contribution in [2.24, 2.45) is 5.73 Å². The number of hydrogen-bond donors (Lipinski definition) is 2. The summed E-state index contributed by atoms with van der Waals surface area (Å²) in [6.07, 6.45) is 2.02. The first-order valence-electron chi connectivity index (χ1n) is 7.67. The number of amides is 1. The number of nitrogens with zero attached hydrogens (tertiary/aromatic N) is 1. The van der Waals surface area contributed by atoms with Crippen LogP contribution in [0.2, 0.25) is 0 Å². The lowest BCUT2D eigenvalue weighted by atomic mass is 10.1. The quantitative estimate of drug-likeness (QED) is 0.780. The van der Waals surface area contributed by atoms with Gasteiger partial charge >= 0.3 is 0 Å². The number of pyridine rings is 1. The Morgan fingerprint density at radius 3 is 3.04 bits per heavy atom. The third-order valence-corrected chi connectivity index (χ3v) is 4.37. The Balaban J connectivity index is 1.77. The second kappa shape index (κ2) is 5.39. The van der Waals surface area contributed by atoms with E-state index in [1.807, 2.05) is 24.3 Å². The maximum Gasteiger partial charge on any atom is 0.252 e. The molecule has 0 unspecified atom stereocenters. The molecule has 3 N–H and O–H groups in total. The molecule has 1 aliphatic carbocycles. The Bertz CT molecular complexity index is 904. The molecule has 1 aromatic heterocycles. The molecule has 1 heterocycles. The molecular weight excluding hydrogens is 286 g/mol. The Labute approximate surface area is 134 Å². The van der Waals surface area contributed by atoms with Crippen molar-refractivity contribution < 1.29 is 4.79 Å². The van der Waals surface area contributed by atoms with Crippen LogP contribution in [-0.4, -0.2) is 10.9 Å². The summed E-state index contributed by atoms with van der Waals surface area (Å²) in [7, 11) is 0. The highest BCUT2D eigenvalue weighted by molar-refractivity contribution is 6.01. The minimum Gasteiger partial charge on any atom is -0.365 e. The predicted octanol–water partition coefficient (Wildman–Crippen LogP) is 3.23. The molecule has 0 spiro atoms. The summed E-state index contributed by atoms with van der Waals surface area (Å²) >= 11 is 0. The maximum absolute atomic E-state index is 11.8. The lowest BCUT2D eigenvalue weighted by Crippen LogP contribution is -2.17. The highest BCUT2D eigenvalue weighted by atomic mass is 16.1. The molecule has 0 saturated heterocycles. The van der Waals surface area contributed by atoms with Gasteiger partial charge in [0.15, 0.2) is 0 Å². The van der Waals surface area contributed by atoms with Gasteiger partial charge in [0.2, 0.25) is 0 Å². The third-order valence-electron chi connectivity index (χ3n) is 4.37. The minimum absolute atomic E-state index is 0.157. The SMILES string of the molecule is NC(=O)c1cc2c[c]ccc2nc1N[C@@H]1CCc2ccccc21. The van der Waals surface area contributed by atoms with Crippen LogP contribution in [0.4, 0.5) is 5.82 Å². The van der Waals surface area contributed by atoms with E-state index in [0.717, 1.165) is 23.7 Å². The van der Waals surface area contributed by atoms with Crippen molar-refractivity contribution in [3.8, 4) is 0 Å². The number of aryl methyl sites for hydroxylation is 1. The highest BCUT2D eigenvalue weighted by Gasteiger charge is 2.23. The van der Waals surface area contributed by atoms with Gasteiger partial charge in [0.1, 0.15) is 5.82 Å². The molecule has 4 heteroatoms. The van der Waals surface area contributed by atoms with Gasteiger partial charge in [-0.1, -0.05) is 30.3 Å². The topological polar surface area (TPSA) is 68.0 Å². The summed E-state index contributed by atoms with van der Waals surface area (Å²) in [6.45, 7) is 0. The van der Waals surface area contributed by atoms with Crippen LogP contribution in [-0.2, 0) is 6.42 Å². The van der Waals surface area contributed by atoms with Crippen LogP contribution in [0.15, 0.2) is 48.5 Å². The average molecular weight is 302 g/mol. The molecule has 113 valence electrons. The number of hydrogen-bond acceptors (Lipinski definition) is 3. The number of nitrogens with one attached hydrogen (secondary N) is 1. The number of anilines is 1. The average Bonchev–Trinajstić information content (AvgIpc) is 2.97. The van der Waals surface area contributed by atoms with E-state index in [4.69, 9.17) is 5.73 Å². The molecule has 1 atom stereocenters. The van der Waals surface area contributed by atoms with Crippen molar-refractivity contribution in [1.82, 2.24) is 4.98 Å². The zero-order valence-electron chi connectivity index (χ0n) is 12.5. The monoisotopic (exact) mass is 302 g/mol. The van der Waals surface area contributed by atoms with Crippen LogP contribution in [0.1, 0.15) is 33.9 Å². The number of primary amides is 1. The molecule has 4 rings (SSSR count). The van der Waals surface area contributed by atoms with E-state index >= 15 is 0 Å². The summed E-state index contributed by atoms with van der Waals surface area (Å²) in [6, 6.07) is 18.8. The van der Waals surface area contributed by atoms with Crippen LogP contribution in [0, 0.1) is 6.07 Å². The van der Waals surface area contributed by atoms with Crippen LogP contribution in [0.3, 0.4) is 0 Å².